The highest BCUT2D eigenvalue weighted by atomic mass is 16.6. The van der Waals surface area contributed by atoms with Crippen LogP contribution < -0.4 is 10.6 Å². The average molecular weight is 478 g/mol. The van der Waals surface area contributed by atoms with Crippen LogP contribution in [-0.4, -0.2) is 60.6 Å². The highest BCUT2D eigenvalue weighted by molar-refractivity contribution is 5.90. The van der Waals surface area contributed by atoms with Gasteiger partial charge in [-0.2, -0.15) is 0 Å². The van der Waals surface area contributed by atoms with Crippen LogP contribution in [0.25, 0.3) is 0 Å². The van der Waals surface area contributed by atoms with Gasteiger partial charge in [-0.1, -0.05) is 25.1 Å². The van der Waals surface area contributed by atoms with Crippen LogP contribution >= 0.6 is 0 Å². The van der Waals surface area contributed by atoms with Crippen molar-refractivity contribution in [2.75, 3.05) is 26.2 Å². The summed E-state index contributed by atoms with van der Waals surface area (Å²) in [5.74, 6) is -1.24. The number of carbonyl (C=O) groups is 4. The molecule has 1 aromatic carbocycles. The number of amides is 3. The third-order valence-corrected chi connectivity index (χ3v) is 4.91. The van der Waals surface area contributed by atoms with E-state index in [2.05, 4.69) is 10.6 Å². The molecule has 0 fully saturated rings. The molecule has 0 heterocycles. The van der Waals surface area contributed by atoms with Gasteiger partial charge >= 0.3 is 12.1 Å². The second-order valence-corrected chi connectivity index (χ2v) is 9.03. The molecular weight excluding hydrogens is 438 g/mol. The second kappa shape index (κ2) is 13.6. The predicted molar refractivity (Wildman–Crippen MR) is 129 cm³/mol. The van der Waals surface area contributed by atoms with E-state index in [9.17, 15) is 19.2 Å². The van der Waals surface area contributed by atoms with Crippen molar-refractivity contribution in [3.05, 3.63) is 34.9 Å². The van der Waals surface area contributed by atoms with E-state index in [0.29, 0.717) is 18.5 Å². The fraction of sp³-hybridized carbons (Fsp3) is 0.600. The monoisotopic (exact) mass is 477 g/mol. The summed E-state index contributed by atoms with van der Waals surface area (Å²) < 4.78 is 10.1. The molecule has 34 heavy (non-hydrogen) atoms. The highest BCUT2D eigenvalue weighted by Crippen LogP contribution is 2.24. The maximum absolute atomic E-state index is 13.3. The normalized spacial score (nSPS) is 11.9. The van der Waals surface area contributed by atoms with Crippen molar-refractivity contribution >= 4 is 23.9 Å². The molecular formula is C25H39N3O6. The third kappa shape index (κ3) is 9.80. The number of nitrogens with one attached hydrogen (secondary N) is 2. The van der Waals surface area contributed by atoms with Gasteiger partial charge in [0.25, 0.3) is 0 Å². The van der Waals surface area contributed by atoms with E-state index in [1.54, 1.807) is 27.7 Å². The van der Waals surface area contributed by atoms with Crippen molar-refractivity contribution < 1.29 is 28.7 Å². The van der Waals surface area contributed by atoms with Crippen LogP contribution in [0.15, 0.2) is 18.2 Å². The topological polar surface area (TPSA) is 114 Å². The van der Waals surface area contributed by atoms with E-state index in [1.165, 1.54) is 4.90 Å². The molecule has 0 spiro atoms. The molecule has 1 atom stereocenters. The fourth-order valence-corrected chi connectivity index (χ4v) is 3.23. The lowest BCUT2D eigenvalue weighted by Crippen LogP contribution is -2.48. The summed E-state index contributed by atoms with van der Waals surface area (Å²) in [6, 6.07) is 4.67. The first-order chi connectivity index (χ1) is 15.9. The average Bonchev–Trinajstić information content (AvgIpc) is 2.73. The second-order valence-electron chi connectivity index (χ2n) is 9.03. The van der Waals surface area contributed by atoms with Crippen molar-refractivity contribution in [1.29, 1.82) is 0 Å². The van der Waals surface area contributed by atoms with E-state index in [-0.39, 0.29) is 26.1 Å². The van der Waals surface area contributed by atoms with Gasteiger partial charge in [0.05, 0.1) is 13.0 Å². The third-order valence-electron chi connectivity index (χ3n) is 4.91. The zero-order valence-corrected chi connectivity index (χ0v) is 21.4. The van der Waals surface area contributed by atoms with Crippen LogP contribution in [0.1, 0.15) is 70.2 Å². The van der Waals surface area contributed by atoms with E-state index in [4.69, 9.17) is 9.47 Å². The smallest absolute Gasteiger partial charge is 0.408 e. The number of benzene rings is 1. The Morgan fingerprint density at radius 3 is 2.26 bits per heavy atom. The molecule has 0 aliphatic rings. The summed E-state index contributed by atoms with van der Waals surface area (Å²) in [4.78, 5) is 51.5. The molecule has 0 radical (unpaired) electrons. The van der Waals surface area contributed by atoms with Gasteiger partial charge in [-0.05, 0) is 64.7 Å². The molecule has 0 aromatic heterocycles. The SMILES string of the molecule is CCCN(C(=O)CNC(=O)OC(C)(C)C)C(C(=O)NCCC(=O)OCC)c1ccc(C)c(C)c1. The number of nitrogens with zero attached hydrogens (tertiary/aromatic N) is 1. The van der Waals surface area contributed by atoms with Crippen molar-refractivity contribution in [2.24, 2.45) is 0 Å². The quantitative estimate of drug-likeness (QED) is 0.473. The molecule has 1 rings (SSSR count). The molecule has 0 saturated carbocycles. The first-order valence-corrected chi connectivity index (χ1v) is 11.7. The van der Waals surface area contributed by atoms with Crippen LogP contribution in [-0.2, 0) is 23.9 Å². The molecule has 3 amide bonds. The zero-order valence-electron chi connectivity index (χ0n) is 21.4. The molecule has 1 aromatic rings. The van der Waals surface area contributed by atoms with Gasteiger partial charge in [0, 0.05) is 13.1 Å². The Labute approximate surface area is 202 Å². The number of hydrogen-bond donors (Lipinski definition) is 2. The molecule has 9 nitrogen and oxygen atoms in total. The van der Waals surface area contributed by atoms with Gasteiger partial charge in [-0.3, -0.25) is 14.4 Å². The summed E-state index contributed by atoms with van der Waals surface area (Å²) in [5.41, 5.74) is 2.00. The van der Waals surface area contributed by atoms with Crippen LogP contribution in [0.5, 0.6) is 0 Å². The molecule has 0 aliphatic carbocycles. The summed E-state index contributed by atoms with van der Waals surface area (Å²) in [6.07, 6.45) is -0.0736. The van der Waals surface area contributed by atoms with Crippen molar-refractivity contribution in [3.63, 3.8) is 0 Å². The number of carbonyl (C=O) groups excluding carboxylic acids is 4. The van der Waals surface area contributed by atoms with Gasteiger partial charge in [0.1, 0.15) is 18.2 Å². The first-order valence-electron chi connectivity index (χ1n) is 11.7. The summed E-state index contributed by atoms with van der Waals surface area (Å²) in [6.45, 7) is 13.0. The minimum atomic E-state index is -0.922. The molecule has 2 N–H and O–H groups in total. The summed E-state index contributed by atoms with van der Waals surface area (Å²) in [7, 11) is 0. The minimum absolute atomic E-state index is 0.0289. The van der Waals surface area contributed by atoms with Crippen molar-refractivity contribution in [3.8, 4) is 0 Å². The maximum atomic E-state index is 13.3. The Hall–Kier alpha value is -3.10. The van der Waals surface area contributed by atoms with Crippen molar-refractivity contribution in [2.45, 2.75) is 73.0 Å². The Kier molecular flexibility index (Phi) is 11.5. The lowest BCUT2D eigenvalue weighted by molar-refractivity contribution is -0.143. The Morgan fingerprint density at radius 2 is 1.71 bits per heavy atom. The van der Waals surface area contributed by atoms with E-state index in [0.717, 1.165) is 11.1 Å². The standard InChI is InChI=1S/C25H39N3O6/c1-8-14-28(20(29)16-27-24(32)34-25(5,6)7)22(19-11-10-17(3)18(4)15-19)23(31)26-13-12-21(30)33-9-2/h10-11,15,22H,8-9,12-14,16H2,1-7H3,(H,26,31)(H,27,32). The molecule has 1 unspecified atom stereocenters. The molecule has 0 bridgehead atoms. The number of aryl methyl sites for hydroxylation is 2. The van der Waals surface area contributed by atoms with E-state index in [1.807, 2.05) is 39.0 Å². The summed E-state index contributed by atoms with van der Waals surface area (Å²) in [5, 5.41) is 5.22. The number of ether oxygens (including phenoxy) is 2. The van der Waals surface area contributed by atoms with Gasteiger partial charge in [-0.15, -0.1) is 0 Å². The molecule has 190 valence electrons. The van der Waals surface area contributed by atoms with Crippen LogP contribution in [0.2, 0.25) is 0 Å². The predicted octanol–water partition coefficient (Wildman–Crippen LogP) is 3.18. The highest BCUT2D eigenvalue weighted by Gasteiger charge is 2.31. The Morgan fingerprint density at radius 1 is 1.03 bits per heavy atom. The van der Waals surface area contributed by atoms with Crippen LogP contribution in [0.3, 0.4) is 0 Å². The number of rotatable bonds is 11. The fourth-order valence-electron chi connectivity index (χ4n) is 3.23. The van der Waals surface area contributed by atoms with Crippen LogP contribution in [0, 0.1) is 13.8 Å². The molecule has 0 aliphatic heterocycles. The Balaban J connectivity index is 3.12. The zero-order chi connectivity index (χ0) is 25.9. The summed E-state index contributed by atoms with van der Waals surface area (Å²) >= 11 is 0. The minimum Gasteiger partial charge on any atom is -0.466 e. The lowest BCUT2D eigenvalue weighted by Gasteiger charge is -2.31. The number of hydrogen-bond acceptors (Lipinski definition) is 6. The van der Waals surface area contributed by atoms with Gasteiger partial charge < -0.3 is 25.0 Å². The van der Waals surface area contributed by atoms with E-state index >= 15 is 0 Å². The van der Waals surface area contributed by atoms with Gasteiger partial charge in [-0.25, -0.2) is 4.79 Å². The maximum Gasteiger partial charge on any atom is 0.408 e. The molecule has 0 saturated heterocycles. The van der Waals surface area contributed by atoms with Crippen LogP contribution in [0.4, 0.5) is 4.79 Å². The van der Waals surface area contributed by atoms with Gasteiger partial charge in [0.15, 0.2) is 0 Å². The Bertz CT molecular complexity index is 863. The largest absolute Gasteiger partial charge is 0.466 e. The molecule has 9 heteroatoms. The first kappa shape index (κ1) is 28.9. The number of alkyl carbamates (subject to hydrolysis) is 1. The van der Waals surface area contributed by atoms with E-state index < -0.39 is 35.5 Å². The van der Waals surface area contributed by atoms with Gasteiger partial charge in [0.2, 0.25) is 11.8 Å². The van der Waals surface area contributed by atoms with Crippen molar-refractivity contribution in [1.82, 2.24) is 15.5 Å². The number of esters is 1. The lowest BCUT2D eigenvalue weighted by atomic mass is 9.98.